The first-order chi connectivity index (χ1) is 10.4. The Labute approximate surface area is 133 Å². The highest BCUT2D eigenvalue weighted by molar-refractivity contribution is 5.37. The van der Waals surface area contributed by atoms with Crippen LogP contribution in [0.5, 0.6) is 0 Å². The Hall–Kier alpha value is -1.68. The van der Waals surface area contributed by atoms with Crippen molar-refractivity contribution in [1.29, 1.82) is 0 Å². The standard InChI is InChI=1S/C18H26N4/c1-15-20-19-14-22(15)11-10-21(4)13-18(12-17(18,2)3)16-8-6-5-7-9-16/h5-9,14H,10-13H2,1-4H3. The third-order valence-electron chi connectivity index (χ3n) is 5.31. The van der Waals surface area contributed by atoms with Crippen LogP contribution >= 0.6 is 0 Å². The Morgan fingerprint density at radius 3 is 2.45 bits per heavy atom. The quantitative estimate of drug-likeness (QED) is 0.822. The van der Waals surface area contributed by atoms with Gasteiger partial charge >= 0.3 is 0 Å². The van der Waals surface area contributed by atoms with E-state index in [0.717, 1.165) is 25.5 Å². The van der Waals surface area contributed by atoms with Gasteiger partial charge in [-0.3, -0.25) is 0 Å². The van der Waals surface area contributed by atoms with E-state index in [1.54, 1.807) is 0 Å². The molecule has 3 rings (SSSR count). The Balaban J connectivity index is 1.67. The van der Waals surface area contributed by atoms with Crippen LogP contribution in [0.2, 0.25) is 0 Å². The van der Waals surface area contributed by atoms with E-state index in [2.05, 4.69) is 70.9 Å². The number of aryl methyl sites for hydroxylation is 1. The Morgan fingerprint density at radius 1 is 1.23 bits per heavy atom. The van der Waals surface area contributed by atoms with E-state index in [1.807, 2.05) is 13.3 Å². The molecule has 1 saturated carbocycles. The summed E-state index contributed by atoms with van der Waals surface area (Å²) in [6.45, 7) is 9.84. The van der Waals surface area contributed by atoms with Crippen LogP contribution < -0.4 is 0 Å². The lowest BCUT2D eigenvalue weighted by atomic mass is 9.87. The summed E-state index contributed by atoms with van der Waals surface area (Å²) in [5.41, 5.74) is 2.16. The molecule has 0 N–H and O–H groups in total. The molecule has 0 amide bonds. The highest BCUT2D eigenvalue weighted by Crippen LogP contribution is 2.64. The van der Waals surface area contributed by atoms with E-state index in [0.29, 0.717) is 10.8 Å². The fraction of sp³-hybridized carbons (Fsp3) is 0.556. The number of nitrogens with zero attached hydrogens (tertiary/aromatic N) is 4. The number of rotatable bonds is 6. The maximum atomic E-state index is 4.05. The lowest BCUT2D eigenvalue weighted by Crippen LogP contribution is -2.34. The van der Waals surface area contributed by atoms with E-state index in [4.69, 9.17) is 0 Å². The van der Waals surface area contributed by atoms with Gasteiger partial charge < -0.3 is 9.47 Å². The summed E-state index contributed by atoms with van der Waals surface area (Å²) < 4.78 is 2.11. The van der Waals surface area contributed by atoms with Crippen LogP contribution in [-0.4, -0.2) is 39.8 Å². The first-order valence-corrected chi connectivity index (χ1v) is 8.03. The second-order valence-electron chi connectivity index (χ2n) is 7.32. The number of likely N-dealkylation sites (N-methyl/N-ethyl adjacent to an activating group) is 1. The molecular weight excluding hydrogens is 272 g/mol. The van der Waals surface area contributed by atoms with Gasteiger partial charge in [-0.05, 0) is 31.4 Å². The number of hydrogen-bond donors (Lipinski definition) is 0. The van der Waals surface area contributed by atoms with E-state index < -0.39 is 0 Å². The monoisotopic (exact) mass is 298 g/mol. The van der Waals surface area contributed by atoms with Crippen molar-refractivity contribution in [2.24, 2.45) is 5.41 Å². The van der Waals surface area contributed by atoms with Gasteiger partial charge in [0.1, 0.15) is 12.2 Å². The summed E-state index contributed by atoms with van der Waals surface area (Å²) in [6, 6.07) is 11.0. The first-order valence-electron chi connectivity index (χ1n) is 8.03. The summed E-state index contributed by atoms with van der Waals surface area (Å²) in [6.07, 6.45) is 3.08. The zero-order chi connectivity index (χ0) is 15.8. The van der Waals surface area contributed by atoms with Crippen LogP contribution in [0.4, 0.5) is 0 Å². The minimum absolute atomic E-state index is 0.297. The summed E-state index contributed by atoms with van der Waals surface area (Å²) in [5.74, 6) is 0.984. The summed E-state index contributed by atoms with van der Waals surface area (Å²) in [4.78, 5) is 2.45. The zero-order valence-corrected chi connectivity index (χ0v) is 14.1. The molecule has 1 aromatic carbocycles. The van der Waals surface area contributed by atoms with Crippen molar-refractivity contribution >= 4 is 0 Å². The van der Waals surface area contributed by atoms with Crippen molar-refractivity contribution in [3.63, 3.8) is 0 Å². The summed E-state index contributed by atoms with van der Waals surface area (Å²) >= 11 is 0. The molecule has 1 heterocycles. The molecule has 4 heteroatoms. The molecule has 0 saturated heterocycles. The van der Waals surface area contributed by atoms with Crippen molar-refractivity contribution in [3.8, 4) is 0 Å². The molecule has 22 heavy (non-hydrogen) atoms. The fourth-order valence-electron chi connectivity index (χ4n) is 3.67. The Kier molecular flexibility index (Phi) is 3.81. The summed E-state index contributed by atoms with van der Waals surface area (Å²) in [7, 11) is 2.22. The van der Waals surface area contributed by atoms with Crippen molar-refractivity contribution in [3.05, 3.63) is 48.0 Å². The smallest absolute Gasteiger partial charge is 0.129 e. The molecule has 118 valence electrons. The van der Waals surface area contributed by atoms with Gasteiger partial charge in [0.25, 0.3) is 0 Å². The fourth-order valence-corrected chi connectivity index (χ4v) is 3.67. The molecule has 1 aliphatic carbocycles. The molecule has 2 aromatic rings. The molecule has 0 bridgehead atoms. The van der Waals surface area contributed by atoms with Gasteiger partial charge in [-0.1, -0.05) is 44.2 Å². The van der Waals surface area contributed by atoms with Crippen LogP contribution in [-0.2, 0) is 12.0 Å². The average molecular weight is 298 g/mol. The zero-order valence-electron chi connectivity index (χ0n) is 14.1. The molecule has 0 radical (unpaired) electrons. The van der Waals surface area contributed by atoms with Gasteiger partial charge in [0.2, 0.25) is 0 Å². The molecular formula is C18H26N4. The lowest BCUT2D eigenvalue weighted by Gasteiger charge is -2.27. The largest absolute Gasteiger partial charge is 0.317 e. The van der Waals surface area contributed by atoms with Crippen LogP contribution in [0, 0.1) is 12.3 Å². The highest BCUT2D eigenvalue weighted by Gasteiger charge is 2.61. The van der Waals surface area contributed by atoms with E-state index in [1.165, 1.54) is 12.0 Å². The van der Waals surface area contributed by atoms with E-state index in [9.17, 15) is 0 Å². The molecule has 4 nitrogen and oxygen atoms in total. The van der Waals surface area contributed by atoms with Gasteiger partial charge in [0.05, 0.1) is 0 Å². The van der Waals surface area contributed by atoms with Crippen LogP contribution in [0.25, 0.3) is 0 Å². The lowest BCUT2D eigenvalue weighted by molar-refractivity contribution is 0.268. The van der Waals surface area contributed by atoms with Crippen molar-refractivity contribution in [2.75, 3.05) is 20.1 Å². The first kappa shape index (κ1) is 15.2. The van der Waals surface area contributed by atoms with E-state index in [-0.39, 0.29) is 0 Å². The maximum Gasteiger partial charge on any atom is 0.129 e. The predicted octanol–water partition coefficient (Wildman–Crippen LogP) is 2.89. The normalized spacial score (nSPS) is 23.0. The van der Waals surface area contributed by atoms with Crippen LogP contribution in [0.3, 0.4) is 0 Å². The highest BCUT2D eigenvalue weighted by atomic mass is 15.3. The van der Waals surface area contributed by atoms with Crippen molar-refractivity contribution in [2.45, 2.75) is 39.2 Å². The molecule has 1 fully saturated rings. The van der Waals surface area contributed by atoms with Gasteiger partial charge in [-0.2, -0.15) is 0 Å². The Morgan fingerprint density at radius 2 is 1.91 bits per heavy atom. The molecule has 1 unspecified atom stereocenters. The SMILES string of the molecule is Cc1nncn1CCN(C)CC1(c2ccccc2)CC1(C)C. The minimum Gasteiger partial charge on any atom is -0.317 e. The number of benzene rings is 1. The minimum atomic E-state index is 0.297. The molecule has 0 spiro atoms. The van der Waals surface area contributed by atoms with Gasteiger partial charge in [0.15, 0.2) is 0 Å². The van der Waals surface area contributed by atoms with Crippen molar-refractivity contribution in [1.82, 2.24) is 19.7 Å². The number of hydrogen-bond acceptors (Lipinski definition) is 3. The summed E-state index contributed by atoms with van der Waals surface area (Å²) in [5, 5.41) is 8.00. The van der Waals surface area contributed by atoms with Crippen LogP contribution in [0.15, 0.2) is 36.7 Å². The predicted molar refractivity (Wildman–Crippen MR) is 88.8 cm³/mol. The third-order valence-corrected chi connectivity index (χ3v) is 5.31. The van der Waals surface area contributed by atoms with Gasteiger partial charge in [-0.15, -0.1) is 10.2 Å². The van der Waals surface area contributed by atoms with Gasteiger partial charge in [-0.25, -0.2) is 0 Å². The second kappa shape index (κ2) is 5.51. The van der Waals surface area contributed by atoms with Crippen molar-refractivity contribution < 1.29 is 0 Å². The number of aromatic nitrogens is 3. The molecule has 1 aliphatic rings. The Bertz CT molecular complexity index is 632. The topological polar surface area (TPSA) is 34.0 Å². The van der Waals surface area contributed by atoms with Crippen LogP contribution in [0.1, 0.15) is 31.7 Å². The average Bonchev–Trinajstić information content (AvgIpc) is 2.82. The van der Waals surface area contributed by atoms with Gasteiger partial charge in [0, 0.05) is 25.0 Å². The molecule has 1 atom stereocenters. The molecule has 1 aromatic heterocycles. The second-order valence-corrected chi connectivity index (χ2v) is 7.32. The maximum absolute atomic E-state index is 4.05. The third kappa shape index (κ3) is 2.68. The molecule has 0 aliphatic heterocycles. The van der Waals surface area contributed by atoms with E-state index >= 15 is 0 Å².